The van der Waals surface area contributed by atoms with E-state index in [1.54, 1.807) is 0 Å². The van der Waals surface area contributed by atoms with Gasteiger partial charge in [-0.2, -0.15) is 0 Å². The van der Waals surface area contributed by atoms with Gasteiger partial charge in [0, 0.05) is 5.25 Å². The molecule has 1 heterocycles. The van der Waals surface area contributed by atoms with Crippen molar-refractivity contribution in [2.75, 3.05) is 0 Å². The van der Waals surface area contributed by atoms with Gasteiger partial charge in [-0.15, -0.1) is 11.8 Å². The molecule has 0 saturated carbocycles. The van der Waals surface area contributed by atoms with E-state index in [1.807, 2.05) is 17.3 Å². The topological polar surface area (TPSA) is 12.4 Å². The minimum absolute atomic E-state index is 0.241. The summed E-state index contributed by atoms with van der Waals surface area (Å²) in [5, 5.41) is 0.752. The molecule has 1 aliphatic rings. The van der Waals surface area contributed by atoms with Gasteiger partial charge in [0.25, 0.3) is 0 Å². The van der Waals surface area contributed by atoms with E-state index < -0.39 is 0 Å². The predicted octanol–water partition coefficient (Wildman–Crippen LogP) is 2.71. The van der Waals surface area contributed by atoms with Crippen LogP contribution < -0.4 is 0 Å². The van der Waals surface area contributed by atoms with Crippen LogP contribution >= 0.6 is 11.8 Å². The first-order valence-electron chi connectivity index (χ1n) is 3.85. The Kier molecular flexibility index (Phi) is 2.40. The first-order valence-corrected chi connectivity index (χ1v) is 4.80. The fraction of sp³-hybridized carbons (Fsp3) is 0.875. The average molecular weight is 157 g/mol. The lowest BCUT2D eigenvalue weighted by molar-refractivity contribution is 0.421. The van der Waals surface area contributed by atoms with E-state index in [2.05, 4.69) is 25.8 Å². The molecule has 0 bridgehead atoms. The fourth-order valence-electron chi connectivity index (χ4n) is 1.22. The smallest absolute Gasteiger partial charge is 0.0594 e. The molecule has 2 unspecified atom stereocenters. The molecule has 1 nitrogen and oxygen atoms in total. The van der Waals surface area contributed by atoms with E-state index in [1.165, 1.54) is 6.42 Å². The van der Waals surface area contributed by atoms with Crippen LogP contribution in [0.25, 0.3) is 0 Å². The highest BCUT2D eigenvalue weighted by Crippen LogP contribution is 2.30. The maximum absolute atomic E-state index is 4.47. The SMILES string of the molecule is CCC1(C)CC(C)SC=N1. The molecule has 10 heavy (non-hydrogen) atoms. The van der Waals surface area contributed by atoms with Crippen molar-refractivity contribution in [3.05, 3.63) is 0 Å². The Morgan fingerprint density at radius 1 is 1.80 bits per heavy atom. The Hall–Kier alpha value is 0.0200. The molecule has 1 aliphatic heterocycles. The number of aliphatic imine (C=N–C) groups is 1. The molecular formula is C8H15NS. The molecule has 0 N–H and O–H groups in total. The normalized spacial score (nSPS) is 40.1. The van der Waals surface area contributed by atoms with Crippen molar-refractivity contribution in [1.82, 2.24) is 0 Å². The lowest BCUT2D eigenvalue weighted by Crippen LogP contribution is -2.27. The molecule has 0 aromatic rings. The number of hydrogen-bond donors (Lipinski definition) is 0. The van der Waals surface area contributed by atoms with Crippen LogP contribution in [-0.2, 0) is 0 Å². The largest absolute Gasteiger partial charge is 0.280 e. The molecule has 0 saturated heterocycles. The second kappa shape index (κ2) is 2.95. The molecule has 0 fully saturated rings. The average Bonchev–Trinajstić information content (AvgIpc) is 1.88. The summed E-state index contributed by atoms with van der Waals surface area (Å²) in [5.74, 6) is 0. The maximum atomic E-state index is 4.47. The Bertz CT molecular complexity index is 144. The van der Waals surface area contributed by atoms with Gasteiger partial charge in [-0.1, -0.05) is 13.8 Å². The van der Waals surface area contributed by atoms with Crippen LogP contribution in [0.3, 0.4) is 0 Å². The highest BCUT2D eigenvalue weighted by Gasteiger charge is 2.25. The lowest BCUT2D eigenvalue weighted by atomic mass is 9.94. The standard InChI is InChI=1S/C8H15NS/c1-4-8(3)5-7(2)10-6-9-8/h6-7H,4-5H2,1-3H3. The summed E-state index contributed by atoms with van der Waals surface area (Å²) in [6.45, 7) is 6.71. The van der Waals surface area contributed by atoms with Crippen LogP contribution in [0.4, 0.5) is 0 Å². The van der Waals surface area contributed by atoms with Crippen LogP contribution in [0.5, 0.6) is 0 Å². The molecule has 0 spiro atoms. The first kappa shape index (κ1) is 8.12. The predicted molar refractivity (Wildman–Crippen MR) is 48.9 cm³/mol. The van der Waals surface area contributed by atoms with E-state index >= 15 is 0 Å². The van der Waals surface area contributed by atoms with Gasteiger partial charge in [-0.05, 0) is 19.8 Å². The molecular weight excluding hydrogens is 142 g/mol. The van der Waals surface area contributed by atoms with Crippen molar-refractivity contribution in [3.8, 4) is 0 Å². The molecule has 58 valence electrons. The number of hydrogen-bond acceptors (Lipinski definition) is 2. The monoisotopic (exact) mass is 157 g/mol. The zero-order chi connectivity index (χ0) is 7.61. The van der Waals surface area contributed by atoms with E-state index in [4.69, 9.17) is 0 Å². The maximum Gasteiger partial charge on any atom is 0.0594 e. The molecule has 0 radical (unpaired) electrons. The molecule has 0 amide bonds. The summed E-state index contributed by atoms with van der Waals surface area (Å²) >= 11 is 1.84. The van der Waals surface area contributed by atoms with Crippen LogP contribution in [0.2, 0.25) is 0 Å². The van der Waals surface area contributed by atoms with Gasteiger partial charge < -0.3 is 0 Å². The van der Waals surface area contributed by atoms with E-state index in [0.717, 1.165) is 11.7 Å². The quantitative estimate of drug-likeness (QED) is 0.570. The Morgan fingerprint density at radius 2 is 2.50 bits per heavy atom. The van der Waals surface area contributed by atoms with Crippen molar-refractivity contribution >= 4 is 17.3 Å². The lowest BCUT2D eigenvalue weighted by Gasteiger charge is -2.29. The highest BCUT2D eigenvalue weighted by molar-refractivity contribution is 8.12. The zero-order valence-electron chi connectivity index (χ0n) is 6.92. The molecule has 2 atom stereocenters. The number of thioether (sulfide) groups is 1. The van der Waals surface area contributed by atoms with Gasteiger partial charge in [0.15, 0.2) is 0 Å². The summed E-state index contributed by atoms with van der Waals surface area (Å²) in [6.07, 6.45) is 2.39. The Labute approximate surface area is 67.3 Å². The molecule has 2 heteroatoms. The summed E-state index contributed by atoms with van der Waals surface area (Å²) in [5.41, 5.74) is 2.25. The van der Waals surface area contributed by atoms with Crippen molar-refractivity contribution < 1.29 is 0 Å². The third kappa shape index (κ3) is 1.75. The second-order valence-corrected chi connectivity index (χ2v) is 4.52. The Morgan fingerprint density at radius 3 is 2.90 bits per heavy atom. The fourth-order valence-corrected chi connectivity index (χ4v) is 2.20. The zero-order valence-corrected chi connectivity index (χ0v) is 7.74. The number of nitrogens with zero attached hydrogens (tertiary/aromatic N) is 1. The van der Waals surface area contributed by atoms with Gasteiger partial charge in [0.05, 0.1) is 11.1 Å². The van der Waals surface area contributed by atoms with E-state index in [9.17, 15) is 0 Å². The number of rotatable bonds is 1. The molecule has 0 aromatic heterocycles. The second-order valence-electron chi connectivity index (χ2n) is 3.24. The van der Waals surface area contributed by atoms with E-state index in [0.29, 0.717) is 0 Å². The highest BCUT2D eigenvalue weighted by atomic mass is 32.2. The van der Waals surface area contributed by atoms with Gasteiger partial charge in [0.2, 0.25) is 0 Å². The molecule has 1 rings (SSSR count). The van der Waals surface area contributed by atoms with Gasteiger partial charge in [-0.25, -0.2) is 0 Å². The van der Waals surface area contributed by atoms with Crippen LogP contribution in [0.15, 0.2) is 4.99 Å². The summed E-state index contributed by atoms with van der Waals surface area (Å²) < 4.78 is 0. The molecule has 0 aromatic carbocycles. The summed E-state index contributed by atoms with van der Waals surface area (Å²) in [6, 6.07) is 0. The van der Waals surface area contributed by atoms with Crippen LogP contribution in [0.1, 0.15) is 33.6 Å². The molecule has 0 aliphatic carbocycles. The Balaban J connectivity index is 2.61. The minimum atomic E-state index is 0.241. The van der Waals surface area contributed by atoms with Crippen molar-refractivity contribution in [1.29, 1.82) is 0 Å². The third-order valence-corrected chi connectivity index (χ3v) is 3.00. The van der Waals surface area contributed by atoms with Gasteiger partial charge in [-0.3, -0.25) is 4.99 Å². The minimum Gasteiger partial charge on any atom is -0.280 e. The summed E-state index contributed by atoms with van der Waals surface area (Å²) in [4.78, 5) is 4.47. The van der Waals surface area contributed by atoms with Crippen molar-refractivity contribution in [2.24, 2.45) is 4.99 Å². The van der Waals surface area contributed by atoms with Crippen molar-refractivity contribution in [3.63, 3.8) is 0 Å². The van der Waals surface area contributed by atoms with Gasteiger partial charge in [0.1, 0.15) is 0 Å². The van der Waals surface area contributed by atoms with E-state index in [-0.39, 0.29) is 5.54 Å². The van der Waals surface area contributed by atoms with Crippen LogP contribution in [-0.4, -0.2) is 16.3 Å². The van der Waals surface area contributed by atoms with Crippen molar-refractivity contribution in [2.45, 2.75) is 44.4 Å². The third-order valence-electron chi connectivity index (χ3n) is 2.15. The van der Waals surface area contributed by atoms with Gasteiger partial charge >= 0.3 is 0 Å². The summed E-state index contributed by atoms with van der Waals surface area (Å²) in [7, 11) is 0. The first-order chi connectivity index (χ1) is 4.66. The van der Waals surface area contributed by atoms with Crippen LogP contribution in [0, 0.1) is 0 Å².